The Labute approximate surface area is 169 Å². The van der Waals surface area contributed by atoms with Gasteiger partial charge in [-0.25, -0.2) is 9.69 Å². The van der Waals surface area contributed by atoms with E-state index in [4.69, 9.17) is 23.2 Å². The maximum Gasteiger partial charge on any atom is 0.336 e. The van der Waals surface area contributed by atoms with Gasteiger partial charge in [-0.15, -0.1) is 0 Å². The summed E-state index contributed by atoms with van der Waals surface area (Å²) in [6.45, 7) is 0. The van der Waals surface area contributed by atoms with Crippen molar-refractivity contribution in [2.45, 2.75) is 18.4 Å². The molecule has 0 unspecified atom stereocenters. The summed E-state index contributed by atoms with van der Waals surface area (Å²) in [7, 11) is 0. The Balaban J connectivity index is 1.75. The van der Waals surface area contributed by atoms with E-state index in [1.54, 1.807) is 24.4 Å². The van der Waals surface area contributed by atoms with E-state index in [0.29, 0.717) is 28.6 Å². The van der Waals surface area contributed by atoms with Crippen LogP contribution < -0.4 is 4.90 Å². The molecule has 132 valence electrons. The van der Waals surface area contributed by atoms with E-state index in [0.717, 1.165) is 10.0 Å². The summed E-state index contributed by atoms with van der Waals surface area (Å²) in [5.74, 6) is -0.270. The lowest BCUT2D eigenvalue weighted by molar-refractivity contribution is -0.123. The summed E-state index contributed by atoms with van der Waals surface area (Å²) in [5, 5.41) is 0.746. The summed E-state index contributed by atoms with van der Waals surface area (Å²) in [5.41, 5.74) is 0.421. The molecule has 4 rings (SSSR count). The van der Waals surface area contributed by atoms with Gasteiger partial charge in [-0.3, -0.25) is 9.69 Å². The minimum Gasteiger partial charge on any atom is -0.285 e. The van der Waals surface area contributed by atoms with Gasteiger partial charge in [0, 0.05) is 33.6 Å². The Morgan fingerprint density at radius 1 is 1.04 bits per heavy atom. The first-order valence-electron chi connectivity index (χ1n) is 7.96. The monoisotopic (exact) mass is 450 g/mol. The van der Waals surface area contributed by atoms with Crippen LogP contribution in [0.15, 0.2) is 59.2 Å². The molecule has 2 aromatic carbocycles. The molecule has 2 heterocycles. The van der Waals surface area contributed by atoms with Crippen LogP contribution in [-0.4, -0.2) is 22.4 Å². The lowest BCUT2D eigenvalue weighted by Crippen LogP contribution is -2.46. The molecule has 0 aromatic heterocycles. The molecule has 0 spiro atoms. The van der Waals surface area contributed by atoms with Crippen molar-refractivity contribution in [3.63, 3.8) is 0 Å². The van der Waals surface area contributed by atoms with E-state index < -0.39 is 5.54 Å². The maximum absolute atomic E-state index is 13.3. The third-order valence-corrected chi connectivity index (χ3v) is 5.65. The second-order valence-electron chi connectivity index (χ2n) is 6.34. The van der Waals surface area contributed by atoms with Gasteiger partial charge >= 0.3 is 6.03 Å². The Hall–Kier alpha value is -1.82. The highest BCUT2D eigenvalue weighted by Crippen LogP contribution is 2.42. The third kappa shape index (κ3) is 2.75. The van der Waals surface area contributed by atoms with Crippen molar-refractivity contribution < 1.29 is 9.59 Å². The summed E-state index contributed by atoms with van der Waals surface area (Å²) < 4.78 is 0.962. The Morgan fingerprint density at radius 3 is 2.35 bits per heavy atom. The van der Waals surface area contributed by atoms with Gasteiger partial charge in [0.25, 0.3) is 5.91 Å². The summed E-state index contributed by atoms with van der Waals surface area (Å²) in [4.78, 5) is 29.0. The molecule has 7 heteroatoms. The molecule has 1 atom stereocenters. The van der Waals surface area contributed by atoms with E-state index in [1.165, 1.54) is 9.80 Å². The maximum atomic E-state index is 13.3. The van der Waals surface area contributed by atoms with E-state index in [2.05, 4.69) is 15.9 Å². The first-order valence-corrected chi connectivity index (χ1v) is 9.51. The highest BCUT2D eigenvalue weighted by atomic mass is 79.9. The van der Waals surface area contributed by atoms with Crippen molar-refractivity contribution in [2.24, 2.45) is 0 Å². The lowest BCUT2D eigenvalue weighted by atomic mass is 9.88. The van der Waals surface area contributed by atoms with Gasteiger partial charge in [0.05, 0.1) is 5.69 Å². The van der Waals surface area contributed by atoms with E-state index in [1.807, 2.05) is 30.3 Å². The standard InChI is InChI=1S/C19H13BrCl2N2O2/c20-13-4-2-12(3-5-13)11-19-6-1-7-23(19)18(26)24(17(19)25)16-9-14(21)8-15(22)10-16/h1-5,7-10H,6,11H2/t19-/m1/s1. The summed E-state index contributed by atoms with van der Waals surface area (Å²) in [6, 6.07) is 12.1. The molecule has 26 heavy (non-hydrogen) atoms. The van der Waals surface area contributed by atoms with Gasteiger partial charge in [-0.2, -0.15) is 0 Å². The number of hydrogen-bond donors (Lipinski definition) is 0. The first-order chi connectivity index (χ1) is 12.4. The molecule has 1 saturated heterocycles. The highest BCUT2D eigenvalue weighted by molar-refractivity contribution is 9.10. The van der Waals surface area contributed by atoms with Crippen molar-refractivity contribution in [3.05, 3.63) is 74.8 Å². The molecule has 0 bridgehead atoms. The van der Waals surface area contributed by atoms with Crippen molar-refractivity contribution >= 4 is 56.8 Å². The van der Waals surface area contributed by atoms with Crippen molar-refractivity contribution in [1.29, 1.82) is 0 Å². The predicted molar refractivity (Wildman–Crippen MR) is 106 cm³/mol. The zero-order chi connectivity index (χ0) is 18.5. The van der Waals surface area contributed by atoms with E-state index >= 15 is 0 Å². The van der Waals surface area contributed by atoms with Gasteiger partial charge in [0.1, 0.15) is 5.54 Å². The molecule has 2 aliphatic rings. The minimum atomic E-state index is -0.945. The van der Waals surface area contributed by atoms with Crippen LogP contribution in [-0.2, 0) is 11.2 Å². The van der Waals surface area contributed by atoms with Crippen LogP contribution in [0.1, 0.15) is 12.0 Å². The fourth-order valence-corrected chi connectivity index (χ4v) is 4.28. The topological polar surface area (TPSA) is 40.6 Å². The zero-order valence-electron chi connectivity index (χ0n) is 13.5. The molecule has 1 fully saturated rings. The van der Waals surface area contributed by atoms with Crippen LogP contribution in [0.4, 0.5) is 10.5 Å². The first kappa shape index (κ1) is 17.6. The Morgan fingerprint density at radius 2 is 1.69 bits per heavy atom. The lowest BCUT2D eigenvalue weighted by Gasteiger charge is -2.28. The number of amides is 3. The van der Waals surface area contributed by atoms with Crippen molar-refractivity contribution in [1.82, 2.24) is 4.90 Å². The molecule has 3 amide bonds. The second-order valence-corrected chi connectivity index (χ2v) is 8.13. The van der Waals surface area contributed by atoms with Gasteiger partial charge < -0.3 is 0 Å². The van der Waals surface area contributed by atoms with Crippen LogP contribution in [0.3, 0.4) is 0 Å². The minimum absolute atomic E-state index is 0.270. The molecule has 4 nitrogen and oxygen atoms in total. The molecule has 2 aliphatic heterocycles. The Kier molecular flexibility index (Phi) is 4.34. The van der Waals surface area contributed by atoms with Crippen LogP contribution in [0.25, 0.3) is 0 Å². The fourth-order valence-electron chi connectivity index (χ4n) is 3.50. The number of hydrogen-bond acceptors (Lipinski definition) is 2. The summed E-state index contributed by atoms with van der Waals surface area (Å²) >= 11 is 15.5. The average Bonchev–Trinajstić information content (AvgIpc) is 3.08. The largest absolute Gasteiger partial charge is 0.336 e. The van der Waals surface area contributed by atoms with Crippen LogP contribution >= 0.6 is 39.1 Å². The number of carbonyl (C=O) groups excluding carboxylic acids is 2. The smallest absolute Gasteiger partial charge is 0.285 e. The Bertz CT molecular complexity index is 925. The van der Waals surface area contributed by atoms with Crippen LogP contribution in [0, 0.1) is 0 Å². The van der Waals surface area contributed by atoms with Crippen molar-refractivity contribution in [2.75, 3.05) is 4.90 Å². The number of anilines is 1. The third-order valence-electron chi connectivity index (χ3n) is 4.69. The second kappa shape index (κ2) is 6.41. The number of fused-ring (bicyclic) bond motifs is 1. The van der Waals surface area contributed by atoms with E-state index in [-0.39, 0.29) is 11.9 Å². The number of halogens is 3. The molecular formula is C19H13BrCl2N2O2. The fraction of sp³-hybridized carbons (Fsp3) is 0.158. The number of imide groups is 1. The molecule has 0 aliphatic carbocycles. The molecule has 0 saturated carbocycles. The zero-order valence-corrected chi connectivity index (χ0v) is 16.6. The van der Waals surface area contributed by atoms with Crippen LogP contribution in [0.5, 0.6) is 0 Å². The number of rotatable bonds is 3. The predicted octanol–water partition coefficient (Wildman–Crippen LogP) is 5.42. The quantitative estimate of drug-likeness (QED) is 0.584. The number of urea groups is 1. The van der Waals surface area contributed by atoms with Crippen LogP contribution in [0.2, 0.25) is 10.0 Å². The van der Waals surface area contributed by atoms with Gasteiger partial charge in [-0.1, -0.05) is 57.3 Å². The van der Waals surface area contributed by atoms with Crippen molar-refractivity contribution in [3.8, 4) is 0 Å². The molecule has 0 radical (unpaired) electrons. The average molecular weight is 452 g/mol. The highest BCUT2D eigenvalue weighted by Gasteiger charge is 2.58. The summed E-state index contributed by atoms with van der Waals surface area (Å²) in [6.07, 6.45) is 4.45. The molecular weight excluding hydrogens is 439 g/mol. The number of carbonyl (C=O) groups is 2. The normalized spacial score (nSPS) is 21.7. The number of benzene rings is 2. The number of nitrogens with zero attached hydrogens (tertiary/aromatic N) is 2. The van der Waals surface area contributed by atoms with E-state index in [9.17, 15) is 9.59 Å². The molecule has 0 N–H and O–H groups in total. The SMILES string of the molecule is O=C1N(c2cc(Cl)cc(Cl)c2)C(=O)[C@]2(Cc3ccc(Br)cc3)CC=CN12. The molecule has 2 aromatic rings. The van der Waals surface area contributed by atoms with Gasteiger partial charge in [0.2, 0.25) is 0 Å². The van der Waals surface area contributed by atoms with Gasteiger partial charge in [0.15, 0.2) is 0 Å². The van der Waals surface area contributed by atoms with Gasteiger partial charge in [-0.05, 0) is 35.9 Å².